The van der Waals surface area contributed by atoms with Gasteiger partial charge in [-0.1, -0.05) is 41.9 Å². The van der Waals surface area contributed by atoms with Gasteiger partial charge in [-0.25, -0.2) is 4.79 Å². The van der Waals surface area contributed by atoms with Crippen molar-refractivity contribution in [3.8, 4) is 5.75 Å². The summed E-state index contributed by atoms with van der Waals surface area (Å²) in [6, 6.07) is 12.9. The average molecular weight is 390 g/mol. The lowest BCUT2D eigenvalue weighted by Gasteiger charge is -2.36. The third kappa shape index (κ3) is 4.59. The van der Waals surface area contributed by atoms with Gasteiger partial charge in [0.2, 0.25) is 0 Å². The summed E-state index contributed by atoms with van der Waals surface area (Å²) in [4.78, 5) is 15.0. The Kier molecular flexibility index (Phi) is 6.34. The molecule has 0 aromatic heterocycles. The second-order valence-corrected chi connectivity index (χ2v) is 7.21. The Hall–Kier alpha value is -2.12. The van der Waals surface area contributed by atoms with Crippen molar-refractivity contribution in [3.63, 3.8) is 0 Å². The highest BCUT2D eigenvalue weighted by Gasteiger charge is 2.30. The molecule has 2 aromatic rings. The van der Waals surface area contributed by atoms with E-state index in [1.165, 1.54) is 24.8 Å². The van der Waals surface area contributed by atoms with Gasteiger partial charge in [0.25, 0.3) is 0 Å². The molecule has 1 aliphatic rings. The number of nitrogen functional groups attached to an aromatic ring is 1. The van der Waals surface area contributed by atoms with Crippen molar-refractivity contribution in [3.05, 3.63) is 63.8 Å². The summed E-state index contributed by atoms with van der Waals surface area (Å²) in [5, 5.41) is 12.6. The molecular formula is C20H24ClN3O3. The number of quaternary nitrogens is 1. The van der Waals surface area contributed by atoms with E-state index in [9.17, 15) is 10.0 Å². The van der Waals surface area contributed by atoms with Gasteiger partial charge in [0.05, 0.1) is 23.9 Å². The number of hydrogen-bond acceptors (Lipinski definition) is 5. The van der Waals surface area contributed by atoms with Crippen LogP contribution in [0.5, 0.6) is 5.75 Å². The van der Waals surface area contributed by atoms with E-state index in [2.05, 4.69) is 17.0 Å². The molecule has 1 unspecified atom stereocenters. The van der Waals surface area contributed by atoms with E-state index in [-0.39, 0.29) is 27.4 Å². The number of carbonyl (C=O) groups is 1. The third-order valence-electron chi connectivity index (χ3n) is 4.99. The molecule has 0 spiro atoms. The minimum absolute atomic E-state index is 0.174. The van der Waals surface area contributed by atoms with Gasteiger partial charge in [0, 0.05) is 38.5 Å². The van der Waals surface area contributed by atoms with Crippen LogP contribution in [0.2, 0.25) is 5.02 Å². The van der Waals surface area contributed by atoms with Crippen LogP contribution in [0.1, 0.15) is 28.8 Å². The minimum atomic E-state index is -0.560. The first-order chi connectivity index (χ1) is 13.0. The third-order valence-corrected chi connectivity index (χ3v) is 5.32. The van der Waals surface area contributed by atoms with E-state index < -0.39 is 5.91 Å². The molecule has 2 aromatic carbocycles. The smallest absolute Gasteiger partial charge is 0.348 e. The number of piperidine rings is 1. The van der Waals surface area contributed by atoms with Gasteiger partial charge in [-0.2, -0.15) is 0 Å². The zero-order valence-electron chi connectivity index (χ0n) is 15.3. The van der Waals surface area contributed by atoms with Crippen molar-refractivity contribution in [1.29, 1.82) is 0 Å². The molecular weight excluding hydrogens is 366 g/mol. The predicted molar refractivity (Wildman–Crippen MR) is 106 cm³/mol. The largest absolute Gasteiger partial charge is 0.626 e. The van der Waals surface area contributed by atoms with Crippen molar-refractivity contribution < 1.29 is 14.6 Å². The highest BCUT2D eigenvalue weighted by Crippen LogP contribution is 2.28. The van der Waals surface area contributed by atoms with Gasteiger partial charge in [-0.15, -0.1) is 0 Å². The Labute approximate surface area is 164 Å². The summed E-state index contributed by atoms with van der Waals surface area (Å²) in [6.45, 7) is 2.44. The summed E-state index contributed by atoms with van der Waals surface area (Å²) in [6.07, 6.45) is 1.34. The first-order valence-corrected chi connectivity index (χ1v) is 9.35. The van der Waals surface area contributed by atoms with Crippen LogP contribution in [0.4, 0.5) is 5.69 Å². The van der Waals surface area contributed by atoms with E-state index in [1.807, 2.05) is 18.2 Å². The highest BCUT2D eigenvalue weighted by atomic mass is 35.5. The molecule has 144 valence electrons. The molecule has 1 atom stereocenters. The van der Waals surface area contributed by atoms with E-state index in [4.69, 9.17) is 22.1 Å². The van der Waals surface area contributed by atoms with Crippen LogP contribution in [0.3, 0.4) is 0 Å². The fourth-order valence-corrected chi connectivity index (χ4v) is 3.59. The average Bonchev–Trinajstić information content (AvgIpc) is 2.70. The lowest BCUT2D eigenvalue weighted by Crippen LogP contribution is -3.14. The number of nitrogens with zero attached hydrogens (tertiary/aromatic N) is 1. The van der Waals surface area contributed by atoms with Crippen molar-refractivity contribution in [2.24, 2.45) is 0 Å². The molecule has 0 bridgehead atoms. The van der Waals surface area contributed by atoms with Crippen molar-refractivity contribution in [2.45, 2.75) is 25.4 Å². The normalized spacial score (nSPS) is 16.9. The molecule has 3 N–H and O–H groups in total. The van der Waals surface area contributed by atoms with Gasteiger partial charge >= 0.3 is 5.91 Å². The van der Waals surface area contributed by atoms with Crippen molar-refractivity contribution >= 4 is 23.2 Å². The number of nitrogens with one attached hydrogen (secondary N) is 1. The number of rotatable bonds is 5. The number of anilines is 1. The molecule has 3 rings (SSSR count). The van der Waals surface area contributed by atoms with Crippen LogP contribution < -0.4 is 15.5 Å². The molecule has 1 saturated heterocycles. The maximum Gasteiger partial charge on any atom is 0.348 e. The number of amides is 1. The molecule has 7 heteroatoms. The summed E-state index contributed by atoms with van der Waals surface area (Å²) in [5.74, 6) is -0.285. The van der Waals surface area contributed by atoms with Crippen LogP contribution >= 0.6 is 11.6 Å². The number of hydroxylamine groups is 2. The zero-order chi connectivity index (χ0) is 19.4. The lowest BCUT2D eigenvalue weighted by molar-refractivity contribution is -0.790. The Morgan fingerprint density at radius 1 is 1.30 bits per heavy atom. The number of ether oxygens (including phenoxy) is 1. The molecule has 1 aliphatic heterocycles. The molecule has 0 radical (unpaired) electrons. The summed E-state index contributed by atoms with van der Waals surface area (Å²) >= 11 is 6.02. The van der Waals surface area contributed by atoms with E-state index in [1.54, 1.807) is 0 Å². The number of methoxy groups -OCH3 is 1. The maximum absolute atomic E-state index is 12.7. The summed E-state index contributed by atoms with van der Waals surface area (Å²) in [7, 11) is 1.44. The quantitative estimate of drug-likeness (QED) is 0.604. The second kappa shape index (κ2) is 8.71. The molecule has 6 nitrogen and oxygen atoms in total. The number of likely N-dealkylation sites (tertiary alicyclic amines) is 1. The number of carbonyl (C=O) groups excluding carboxylic acids is 1. The van der Waals surface area contributed by atoms with Crippen LogP contribution in [0, 0.1) is 5.21 Å². The first-order valence-electron chi connectivity index (χ1n) is 8.97. The summed E-state index contributed by atoms with van der Waals surface area (Å²) < 4.78 is 5.20. The number of halogens is 1. The van der Waals surface area contributed by atoms with Crippen molar-refractivity contribution in [1.82, 2.24) is 4.90 Å². The summed E-state index contributed by atoms with van der Waals surface area (Å²) in [5.41, 5.74) is 7.48. The van der Waals surface area contributed by atoms with Gasteiger partial charge in [-0.3, -0.25) is 4.90 Å². The molecule has 1 amide bonds. The van der Waals surface area contributed by atoms with E-state index in [0.717, 1.165) is 19.6 Å². The number of benzene rings is 2. The number of hydrogen-bond donors (Lipinski definition) is 2. The highest BCUT2D eigenvalue weighted by molar-refractivity contribution is 6.33. The predicted octanol–water partition coefficient (Wildman–Crippen LogP) is 2.12. The minimum Gasteiger partial charge on any atom is -0.626 e. The van der Waals surface area contributed by atoms with Gasteiger partial charge in [0.1, 0.15) is 11.3 Å². The van der Waals surface area contributed by atoms with Gasteiger partial charge in [0.15, 0.2) is 0 Å². The zero-order valence-corrected chi connectivity index (χ0v) is 16.0. The fourth-order valence-electron chi connectivity index (χ4n) is 3.43. The van der Waals surface area contributed by atoms with Crippen LogP contribution in [-0.4, -0.2) is 37.0 Å². The first kappa shape index (κ1) is 19.6. The Bertz CT molecular complexity index is 793. The van der Waals surface area contributed by atoms with E-state index in [0.29, 0.717) is 18.5 Å². The van der Waals surface area contributed by atoms with Crippen LogP contribution in [0.25, 0.3) is 0 Å². The van der Waals surface area contributed by atoms with Gasteiger partial charge < -0.3 is 20.7 Å². The van der Waals surface area contributed by atoms with Crippen LogP contribution in [-0.2, 0) is 6.54 Å². The maximum atomic E-state index is 12.7. The molecule has 1 fully saturated rings. The SMILES string of the molecule is COc1cc(N)c(Cl)cc1C(=O)[NH+]([O-])C1CCN(Cc2ccccc2)CC1. The van der Waals surface area contributed by atoms with Gasteiger partial charge in [-0.05, 0) is 11.6 Å². The Morgan fingerprint density at radius 2 is 1.96 bits per heavy atom. The fraction of sp³-hybridized carbons (Fsp3) is 0.350. The molecule has 27 heavy (non-hydrogen) atoms. The Balaban J connectivity index is 1.63. The van der Waals surface area contributed by atoms with Crippen molar-refractivity contribution in [2.75, 3.05) is 25.9 Å². The molecule has 1 heterocycles. The Morgan fingerprint density at radius 3 is 2.59 bits per heavy atom. The van der Waals surface area contributed by atoms with Crippen LogP contribution in [0.15, 0.2) is 42.5 Å². The van der Waals surface area contributed by atoms with E-state index >= 15 is 0 Å². The molecule has 0 aliphatic carbocycles. The number of nitrogens with two attached hydrogens (primary N) is 1. The monoisotopic (exact) mass is 389 g/mol. The second-order valence-electron chi connectivity index (χ2n) is 6.80. The standard InChI is InChI=1S/C20H24ClN3O3/c1-27-19-12-18(22)17(21)11-16(19)20(25)24(26)15-7-9-23(10-8-15)13-14-5-3-2-4-6-14/h2-6,11-12,15,24H,7-10,13,22H2,1H3. The lowest BCUT2D eigenvalue weighted by atomic mass is 10.0. The topological polar surface area (TPSA) is 83.1 Å². The molecule has 0 saturated carbocycles.